The lowest BCUT2D eigenvalue weighted by molar-refractivity contribution is -0.151. The van der Waals surface area contributed by atoms with E-state index in [4.69, 9.17) is 5.11 Å². The van der Waals surface area contributed by atoms with E-state index in [1.165, 1.54) is 12.8 Å². The molecule has 0 fully saturated rings. The Morgan fingerprint density at radius 1 is 1.31 bits per heavy atom. The second-order valence-electron chi connectivity index (χ2n) is 2.06. The van der Waals surface area contributed by atoms with Crippen molar-refractivity contribution in [1.29, 1.82) is 0 Å². The number of hydrogen-bond donors (Lipinski definition) is 2. The number of halogens is 1. The normalized spacial score (nSPS) is 7.31. The Morgan fingerprint density at radius 2 is 1.69 bits per heavy atom. The molecule has 0 aromatic rings. The summed E-state index contributed by atoms with van der Waals surface area (Å²) in [7, 11) is 0. The first-order valence-electron chi connectivity index (χ1n) is 3.69. The molecule has 0 saturated carbocycles. The number of carbonyl (C=O) groups is 2. The van der Waals surface area contributed by atoms with Gasteiger partial charge in [0, 0.05) is 0 Å². The highest BCUT2D eigenvalue weighted by Crippen LogP contribution is 1.79. The van der Waals surface area contributed by atoms with Gasteiger partial charge in [-0.2, -0.15) is 5.90 Å². The molecule has 3 N–H and O–H groups in total. The number of hydrogen-bond acceptors (Lipinski definition) is 4. The van der Waals surface area contributed by atoms with Crippen molar-refractivity contribution >= 4 is 24.3 Å². The van der Waals surface area contributed by atoms with Crippen molar-refractivity contribution in [3.63, 3.8) is 0 Å². The van der Waals surface area contributed by atoms with Gasteiger partial charge in [0.15, 0.2) is 0 Å². The highest BCUT2D eigenvalue weighted by atomic mass is 35.5. The van der Waals surface area contributed by atoms with Crippen molar-refractivity contribution in [1.82, 2.24) is 0 Å². The lowest BCUT2D eigenvalue weighted by Crippen LogP contribution is -2.13. The van der Waals surface area contributed by atoms with Gasteiger partial charge in [0.05, 0.1) is 0 Å². The van der Waals surface area contributed by atoms with E-state index in [9.17, 15) is 9.59 Å². The van der Waals surface area contributed by atoms with E-state index in [2.05, 4.69) is 24.6 Å². The summed E-state index contributed by atoms with van der Waals surface area (Å²) in [6.45, 7) is 4.36. The Morgan fingerprint density at radius 3 is 1.77 bits per heavy atom. The third-order valence-electron chi connectivity index (χ3n) is 0.927. The molecule has 6 heteroatoms. The second-order valence-corrected chi connectivity index (χ2v) is 2.06. The average molecular weight is 214 g/mol. The van der Waals surface area contributed by atoms with Crippen LogP contribution in [0.25, 0.3) is 0 Å². The van der Waals surface area contributed by atoms with Crippen LogP contribution in [0.2, 0.25) is 0 Å². The maximum absolute atomic E-state index is 9.89. The molecule has 80 valence electrons. The number of rotatable bonds is 3. The number of aliphatic carboxylic acids is 1. The van der Waals surface area contributed by atoms with Gasteiger partial charge in [-0.3, -0.25) is 4.79 Å². The molecule has 0 bridgehead atoms. The van der Waals surface area contributed by atoms with Crippen LogP contribution in [0, 0.1) is 0 Å². The standard InChI is InChI=1S/C4H10.C3H5NO4.ClH/c1-3-4-2;4-8-3(7)1-2(5)6;/h3-4H2,1-2H3;1,4H2,(H,5,6);1H. The lowest BCUT2D eigenvalue weighted by Gasteiger charge is -1.89. The summed E-state index contributed by atoms with van der Waals surface area (Å²) < 4.78 is 0. The van der Waals surface area contributed by atoms with Crippen LogP contribution in [-0.2, 0) is 14.4 Å². The summed E-state index contributed by atoms with van der Waals surface area (Å²) in [5, 5.41) is 7.86. The van der Waals surface area contributed by atoms with Gasteiger partial charge < -0.3 is 9.94 Å². The van der Waals surface area contributed by atoms with Gasteiger partial charge in [0.25, 0.3) is 0 Å². The van der Waals surface area contributed by atoms with E-state index in [1.54, 1.807) is 0 Å². The zero-order chi connectivity index (χ0) is 9.98. The van der Waals surface area contributed by atoms with Gasteiger partial charge >= 0.3 is 11.9 Å². The fourth-order valence-electron chi connectivity index (χ4n) is 0.165. The Kier molecular flexibility index (Phi) is 19.1. The Labute approximate surface area is 83.6 Å². The molecule has 13 heavy (non-hydrogen) atoms. The predicted octanol–water partition coefficient (Wildman–Crippen LogP) is 1.11. The molecule has 0 aliphatic carbocycles. The molecule has 0 amide bonds. The smallest absolute Gasteiger partial charge is 0.335 e. The molecule has 0 aromatic heterocycles. The molecule has 0 aliphatic rings. The maximum atomic E-state index is 9.89. The van der Waals surface area contributed by atoms with Crippen LogP contribution in [0.15, 0.2) is 0 Å². The van der Waals surface area contributed by atoms with Crippen LogP contribution in [0.5, 0.6) is 0 Å². The quantitative estimate of drug-likeness (QED) is 0.541. The number of carboxylic acid groups (broad SMARTS) is 1. The van der Waals surface area contributed by atoms with Gasteiger partial charge in [0.1, 0.15) is 6.42 Å². The van der Waals surface area contributed by atoms with Gasteiger partial charge in [0.2, 0.25) is 0 Å². The van der Waals surface area contributed by atoms with Crippen molar-refractivity contribution in [2.75, 3.05) is 0 Å². The van der Waals surface area contributed by atoms with E-state index in [0.717, 1.165) is 0 Å². The fourth-order valence-corrected chi connectivity index (χ4v) is 0.165. The van der Waals surface area contributed by atoms with Gasteiger partial charge in [-0.05, 0) is 0 Å². The van der Waals surface area contributed by atoms with Crippen LogP contribution >= 0.6 is 12.4 Å². The lowest BCUT2D eigenvalue weighted by atomic mass is 10.4. The Balaban J connectivity index is -0.000000173. The number of nitrogens with two attached hydrogens (primary N) is 1. The summed E-state index contributed by atoms with van der Waals surface area (Å²) in [6, 6.07) is 0. The largest absolute Gasteiger partial charge is 0.481 e. The van der Waals surface area contributed by atoms with E-state index in [-0.39, 0.29) is 12.4 Å². The molecule has 0 radical (unpaired) electrons. The third-order valence-corrected chi connectivity index (χ3v) is 0.927. The predicted molar refractivity (Wildman–Crippen MR) is 50.4 cm³/mol. The highest BCUT2D eigenvalue weighted by molar-refractivity contribution is 5.89. The van der Waals surface area contributed by atoms with Gasteiger partial charge in [-0.1, -0.05) is 26.7 Å². The molecular weight excluding hydrogens is 198 g/mol. The van der Waals surface area contributed by atoms with Crippen LogP contribution in [0.1, 0.15) is 33.1 Å². The monoisotopic (exact) mass is 213 g/mol. The highest BCUT2D eigenvalue weighted by Gasteiger charge is 2.05. The second kappa shape index (κ2) is 13.8. The Bertz CT molecular complexity index is 138. The van der Waals surface area contributed by atoms with Crippen LogP contribution < -0.4 is 5.90 Å². The zero-order valence-electron chi connectivity index (χ0n) is 7.78. The zero-order valence-corrected chi connectivity index (χ0v) is 8.60. The molecule has 0 atom stereocenters. The minimum Gasteiger partial charge on any atom is -0.481 e. The molecule has 0 aromatic carbocycles. The molecular formula is C7H16ClNO4. The summed E-state index contributed by atoms with van der Waals surface area (Å²) >= 11 is 0. The van der Waals surface area contributed by atoms with Crippen molar-refractivity contribution in [3.8, 4) is 0 Å². The summed E-state index contributed by atoms with van der Waals surface area (Å²) in [6.07, 6.45) is 1.95. The van der Waals surface area contributed by atoms with Crippen LogP contribution in [0.3, 0.4) is 0 Å². The molecule has 0 heterocycles. The topological polar surface area (TPSA) is 89.6 Å². The fraction of sp³-hybridized carbons (Fsp3) is 0.714. The van der Waals surface area contributed by atoms with Gasteiger partial charge in [-0.25, -0.2) is 4.79 Å². The van der Waals surface area contributed by atoms with Crippen molar-refractivity contribution < 1.29 is 19.5 Å². The van der Waals surface area contributed by atoms with E-state index >= 15 is 0 Å². The van der Waals surface area contributed by atoms with Crippen LogP contribution in [-0.4, -0.2) is 17.0 Å². The molecule has 5 nitrogen and oxygen atoms in total. The molecule has 0 unspecified atom stereocenters. The average Bonchev–Trinajstić information content (AvgIpc) is 2.04. The summed E-state index contributed by atoms with van der Waals surface area (Å²) in [5.74, 6) is 2.11. The third kappa shape index (κ3) is 24.7. The number of carboxylic acids is 1. The number of carbonyl (C=O) groups excluding carboxylic acids is 1. The van der Waals surface area contributed by atoms with Crippen LogP contribution in [0.4, 0.5) is 0 Å². The SMILES string of the molecule is CCCC.Cl.NOC(=O)CC(=O)O. The van der Waals surface area contributed by atoms with Crippen molar-refractivity contribution in [2.45, 2.75) is 33.1 Å². The van der Waals surface area contributed by atoms with E-state index in [1.807, 2.05) is 0 Å². The Hall–Kier alpha value is -0.810. The molecule has 0 saturated heterocycles. The molecule has 0 aliphatic heterocycles. The van der Waals surface area contributed by atoms with E-state index in [0.29, 0.717) is 0 Å². The van der Waals surface area contributed by atoms with Crippen molar-refractivity contribution in [3.05, 3.63) is 0 Å². The number of unbranched alkanes of at least 4 members (excludes halogenated alkanes) is 1. The first-order valence-corrected chi connectivity index (χ1v) is 3.69. The first kappa shape index (κ1) is 18.1. The molecule has 0 spiro atoms. The summed E-state index contributed by atoms with van der Waals surface area (Å²) in [4.78, 5) is 23.0. The summed E-state index contributed by atoms with van der Waals surface area (Å²) in [5.41, 5.74) is 0. The molecule has 0 rings (SSSR count). The first-order chi connectivity index (χ1) is 5.58. The van der Waals surface area contributed by atoms with Gasteiger partial charge in [-0.15, -0.1) is 12.4 Å². The van der Waals surface area contributed by atoms with Crippen molar-refractivity contribution in [2.24, 2.45) is 5.90 Å². The minimum absolute atomic E-state index is 0. The van der Waals surface area contributed by atoms with E-state index < -0.39 is 18.4 Å². The minimum atomic E-state index is -1.25. The maximum Gasteiger partial charge on any atom is 0.335 e.